The highest BCUT2D eigenvalue weighted by atomic mass is 19.2. The van der Waals surface area contributed by atoms with Gasteiger partial charge in [0.15, 0.2) is 11.6 Å². The lowest BCUT2D eigenvalue weighted by atomic mass is 10.1. The van der Waals surface area contributed by atoms with E-state index in [4.69, 9.17) is 5.11 Å². The molecule has 122 valence electrons. The quantitative estimate of drug-likeness (QED) is 0.842. The Kier molecular flexibility index (Phi) is 5.40. The van der Waals surface area contributed by atoms with Crippen LogP contribution in [0.4, 0.5) is 8.78 Å². The molecule has 0 atom stereocenters. The van der Waals surface area contributed by atoms with E-state index in [1.165, 1.54) is 23.3 Å². The molecule has 1 aromatic carbocycles. The monoisotopic (exact) mass is 324 g/mol. The van der Waals surface area contributed by atoms with Gasteiger partial charge in [-0.3, -0.25) is 9.59 Å². The van der Waals surface area contributed by atoms with Crippen LogP contribution < -0.4 is 0 Å². The van der Waals surface area contributed by atoms with Gasteiger partial charge < -0.3 is 14.5 Å². The number of aliphatic carboxylic acids is 1. The number of carboxylic acid groups (broad SMARTS) is 1. The molecule has 0 unspecified atom stereocenters. The Morgan fingerprint density at radius 2 is 2.00 bits per heavy atom. The standard InChI is InChI=1S/C15H14F2N2O4/c16-12-2-1-10(7-13(12)17)9-19(5-3-15(21)22)14(20)8-11-4-6-23-18-11/h1-2,4,6-7H,3,5,8-9H2,(H,21,22). The third kappa shape index (κ3) is 4.87. The van der Waals surface area contributed by atoms with Gasteiger partial charge in [0.2, 0.25) is 5.91 Å². The summed E-state index contributed by atoms with van der Waals surface area (Å²) in [6.07, 6.45) is 0.994. The Bertz CT molecular complexity index is 689. The van der Waals surface area contributed by atoms with Crippen molar-refractivity contribution >= 4 is 11.9 Å². The number of carboxylic acids is 1. The molecule has 0 aliphatic carbocycles. The highest BCUT2D eigenvalue weighted by Gasteiger charge is 2.17. The number of nitrogens with zero attached hydrogens (tertiary/aromatic N) is 2. The minimum absolute atomic E-state index is 0.0266. The molecule has 0 bridgehead atoms. The highest BCUT2D eigenvalue weighted by Crippen LogP contribution is 2.12. The molecule has 1 N–H and O–H groups in total. The van der Waals surface area contributed by atoms with Crippen LogP contribution in [0, 0.1) is 11.6 Å². The molecule has 8 heteroatoms. The summed E-state index contributed by atoms with van der Waals surface area (Å²) in [5.41, 5.74) is 0.767. The molecule has 1 aromatic heterocycles. The second-order valence-corrected chi connectivity index (χ2v) is 4.88. The maximum Gasteiger partial charge on any atom is 0.305 e. The molecule has 0 saturated carbocycles. The molecule has 1 heterocycles. The fourth-order valence-electron chi connectivity index (χ4n) is 1.98. The van der Waals surface area contributed by atoms with Gasteiger partial charge in [-0.2, -0.15) is 0 Å². The summed E-state index contributed by atoms with van der Waals surface area (Å²) in [6.45, 7) is -0.0772. The van der Waals surface area contributed by atoms with E-state index in [9.17, 15) is 18.4 Å². The normalized spacial score (nSPS) is 10.5. The van der Waals surface area contributed by atoms with Crippen molar-refractivity contribution in [2.45, 2.75) is 19.4 Å². The zero-order chi connectivity index (χ0) is 16.8. The molecule has 0 radical (unpaired) electrons. The van der Waals surface area contributed by atoms with Gasteiger partial charge in [-0.05, 0) is 17.7 Å². The second-order valence-electron chi connectivity index (χ2n) is 4.88. The number of amides is 1. The van der Waals surface area contributed by atoms with Crippen molar-refractivity contribution in [3.8, 4) is 0 Å². The van der Waals surface area contributed by atoms with Gasteiger partial charge >= 0.3 is 5.97 Å². The lowest BCUT2D eigenvalue weighted by Gasteiger charge is -2.22. The highest BCUT2D eigenvalue weighted by molar-refractivity contribution is 5.79. The fourth-order valence-corrected chi connectivity index (χ4v) is 1.98. The van der Waals surface area contributed by atoms with E-state index in [1.807, 2.05) is 0 Å². The topological polar surface area (TPSA) is 83.6 Å². The minimum Gasteiger partial charge on any atom is -0.481 e. The molecule has 2 aromatic rings. The van der Waals surface area contributed by atoms with Crippen LogP contribution in [-0.2, 0) is 22.6 Å². The Balaban J connectivity index is 2.10. The van der Waals surface area contributed by atoms with E-state index in [0.717, 1.165) is 12.1 Å². The largest absolute Gasteiger partial charge is 0.481 e. The summed E-state index contributed by atoms with van der Waals surface area (Å²) in [5.74, 6) is -3.45. The van der Waals surface area contributed by atoms with Crippen molar-refractivity contribution in [2.75, 3.05) is 6.54 Å². The molecule has 0 aliphatic rings. The Labute approximate surface area is 130 Å². The molecular weight excluding hydrogens is 310 g/mol. The molecule has 0 saturated heterocycles. The summed E-state index contributed by atoms with van der Waals surface area (Å²) in [7, 11) is 0. The third-order valence-corrected chi connectivity index (χ3v) is 3.13. The first kappa shape index (κ1) is 16.6. The molecule has 0 spiro atoms. The predicted octanol–water partition coefficient (Wildman–Crippen LogP) is 2.00. The smallest absolute Gasteiger partial charge is 0.305 e. The van der Waals surface area contributed by atoms with Gasteiger partial charge in [0.1, 0.15) is 6.26 Å². The van der Waals surface area contributed by atoms with Crippen LogP contribution in [0.1, 0.15) is 17.7 Å². The van der Waals surface area contributed by atoms with Crippen molar-refractivity contribution in [2.24, 2.45) is 0 Å². The van der Waals surface area contributed by atoms with Gasteiger partial charge in [0.25, 0.3) is 0 Å². The van der Waals surface area contributed by atoms with Gasteiger partial charge in [0.05, 0.1) is 18.5 Å². The Morgan fingerprint density at radius 3 is 2.61 bits per heavy atom. The summed E-state index contributed by atoms with van der Waals surface area (Å²) in [6, 6.07) is 4.80. The van der Waals surface area contributed by atoms with E-state index in [-0.39, 0.29) is 31.8 Å². The van der Waals surface area contributed by atoms with Gasteiger partial charge in [0, 0.05) is 19.2 Å². The number of aromatic nitrogens is 1. The van der Waals surface area contributed by atoms with Crippen molar-refractivity contribution in [3.05, 3.63) is 53.4 Å². The molecular formula is C15H14F2N2O4. The van der Waals surface area contributed by atoms with Crippen LogP contribution in [0.3, 0.4) is 0 Å². The molecule has 1 amide bonds. The Hall–Kier alpha value is -2.77. The summed E-state index contributed by atoms with van der Waals surface area (Å²) in [5, 5.41) is 12.4. The third-order valence-electron chi connectivity index (χ3n) is 3.13. The molecule has 6 nitrogen and oxygen atoms in total. The second kappa shape index (κ2) is 7.48. The van der Waals surface area contributed by atoms with Crippen LogP contribution in [-0.4, -0.2) is 33.6 Å². The number of rotatable bonds is 7. The summed E-state index contributed by atoms with van der Waals surface area (Å²) < 4.78 is 30.8. The zero-order valence-electron chi connectivity index (χ0n) is 12.0. The van der Waals surface area contributed by atoms with Crippen molar-refractivity contribution in [1.29, 1.82) is 0 Å². The first-order chi connectivity index (χ1) is 11.0. The molecule has 2 rings (SSSR count). The van der Waals surface area contributed by atoms with Gasteiger partial charge in [-0.25, -0.2) is 8.78 Å². The first-order valence-corrected chi connectivity index (χ1v) is 6.78. The first-order valence-electron chi connectivity index (χ1n) is 6.78. The molecule has 0 aliphatic heterocycles. The number of hydrogen-bond acceptors (Lipinski definition) is 4. The van der Waals surface area contributed by atoms with E-state index < -0.39 is 17.6 Å². The predicted molar refractivity (Wildman–Crippen MR) is 74.2 cm³/mol. The minimum atomic E-state index is -1.06. The maximum atomic E-state index is 13.3. The maximum absolute atomic E-state index is 13.3. The van der Waals surface area contributed by atoms with Crippen LogP contribution in [0.25, 0.3) is 0 Å². The summed E-state index contributed by atoms with van der Waals surface area (Å²) in [4.78, 5) is 24.2. The average Bonchev–Trinajstić information content (AvgIpc) is 2.99. The number of carbonyl (C=O) groups excluding carboxylic acids is 1. The number of halogens is 2. The molecule has 0 fully saturated rings. The zero-order valence-corrected chi connectivity index (χ0v) is 12.0. The number of carbonyl (C=O) groups is 2. The van der Waals surface area contributed by atoms with Crippen LogP contribution in [0.5, 0.6) is 0 Å². The van der Waals surface area contributed by atoms with Crippen molar-refractivity contribution < 1.29 is 28.0 Å². The van der Waals surface area contributed by atoms with Crippen LogP contribution in [0.15, 0.2) is 35.1 Å². The molecule has 23 heavy (non-hydrogen) atoms. The lowest BCUT2D eigenvalue weighted by molar-refractivity contribution is -0.138. The lowest BCUT2D eigenvalue weighted by Crippen LogP contribution is -2.33. The Morgan fingerprint density at radius 1 is 1.22 bits per heavy atom. The van der Waals surface area contributed by atoms with Crippen LogP contribution >= 0.6 is 0 Å². The van der Waals surface area contributed by atoms with Gasteiger partial charge in [-0.15, -0.1) is 0 Å². The van der Waals surface area contributed by atoms with E-state index in [0.29, 0.717) is 11.3 Å². The van der Waals surface area contributed by atoms with E-state index >= 15 is 0 Å². The van der Waals surface area contributed by atoms with E-state index in [1.54, 1.807) is 0 Å². The summed E-state index contributed by atoms with van der Waals surface area (Å²) >= 11 is 0. The van der Waals surface area contributed by atoms with Crippen molar-refractivity contribution in [1.82, 2.24) is 10.1 Å². The van der Waals surface area contributed by atoms with Crippen LogP contribution in [0.2, 0.25) is 0 Å². The number of benzene rings is 1. The SMILES string of the molecule is O=C(O)CCN(Cc1ccc(F)c(F)c1)C(=O)Cc1ccon1. The average molecular weight is 324 g/mol. The van der Waals surface area contributed by atoms with Gasteiger partial charge in [-0.1, -0.05) is 11.2 Å². The van der Waals surface area contributed by atoms with E-state index in [2.05, 4.69) is 9.68 Å². The van der Waals surface area contributed by atoms with Crippen molar-refractivity contribution in [3.63, 3.8) is 0 Å². The number of hydrogen-bond donors (Lipinski definition) is 1. The fraction of sp³-hybridized carbons (Fsp3) is 0.267.